The molecule has 0 heterocycles. The number of alkyl halides is 3. The van der Waals surface area contributed by atoms with Gasteiger partial charge in [0, 0.05) is 6.54 Å². The maximum Gasteiger partial charge on any atom is 0.501 e. The number of nitrogens with one attached hydrogen (secondary N) is 1. The molecule has 0 unspecified atom stereocenters. The molecule has 0 bridgehead atoms. The first-order valence-electron chi connectivity index (χ1n) is 5.80. The van der Waals surface area contributed by atoms with E-state index in [4.69, 9.17) is 0 Å². The second kappa shape index (κ2) is 5.81. The minimum absolute atomic E-state index is 0.0134. The van der Waals surface area contributed by atoms with Gasteiger partial charge in [-0.3, -0.25) is 0 Å². The number of sulfone groups is 1. The van der Waals surface area contributed by atoms with Gasteiger partial charge in [0.15, 0.2) is 0 Å². The monoisotopic (exact) mass is 295 g/mol. The molecule has 1 aromatic rings. The third-order valence-electron chi connectivity index (χ3n) is 2.52. The van der Waals surface area contributed by atoms with Crippen LogP contribution in [0.15, 0.2) is 29.2 Å². The Labute approximate surface area is 110 Å². The Balaban J connectivity index is 3.03. The highest BCUT2D eigenvalue weighted by Gasteiger charge is 2.47. The summed E-state index contributed by atoms with van der Waals surface area (Å²) in [6.07, 6.45) is 0.737. The summed E-state index contributed by atoms with van der Waals surface area (Å²) in [5.74, 6) is 0.374. The van der Waals surface area contributed by atoms with Crippen LogP contribution in [0.2, 0.25) is 0 Å². The van der Waals surface area contributed by atoms with E-state index in [2.05, 4.69) is 5.32 Å². The van der Waals surface area contributed by atoms with Crippen molar-refractivity contribution in [1.29, 1.82) is 0 Å². The van der Waals surface area contributed by atoms with Crippen molar-refractivity contribution in [2.75, 3.05) is 11.9 Å². The topological polar surface area (TPSA) is 46.2 Å². The summed E-state index contributed by atoms with van der Waals surface area (Å²) >= 11 is 0. The Bertz CT molecular complexity index is 524. The number of hydrogen-bond donors (Lipinski definition) is 1. The van der Waals surface area contributed by atoms with Gasteiger partial charge in [0.1, 0.15) is 0 Å². The van der Waals surface area contributed by atoms with E-state index in [1.807, 2.05) is 13.8 Å². The van der Waals surface area contributed by atoms with Crippen LogP contribution < -0.4 is 5.32 Å². The molecule has 1 rings (SSSR count). The highest BCUT2D eigenvalue weighted by atomic mass is 32.2. The first kappa shape index (κ1) is 15.8. The van der Waals surface area contributed by atoms with Crippen molar-refractivity contribution in [3.8, 4) is 0 Å². The molecule has 0 saturated heterocycles. The molecular weight excluding hydrogens is 279 g/mol. The van der Waals surface area contributed by atoms with Gasteiger partial charge in [0.2, 0.25) is 0 Å². The normalized spacial score (nSPS) is 12.7. The molecule has 0 atom stereocenters. The average molecular weight is 295 g/mol. The van der Waals surface area contributed by atoms with E-state index < -0.39 is 20.2 Å². The molecule has 0 aromatic heterocycles. The lowest BCUT2D eigenvalue weighted by Crippen LogP contribution is -2.24. The van der Waals surface area contributed by atoms with Crippen LogP contribution in [0, 0.1) is 5.92 Å². The van der Waals surface area contributed by atoms with Crippen molar-refractivity contribution in [3.05, 3.63) is 24.3 Å². The van der Waals surface area contributed by atoms with E-state index in [1.165, 1.54) is 18.2 Å². The van der Waals surface area contributed by atoms with Crippen LogP contribution in [0.1, 0.15) is 20.3 Å². The van der Waals surface area contributed by atoms with Crippen LogP contribution in [0.4, 0.5) is 18.9 Å². The summed E-state index contributed by atoms with van der Waals surface area (Å²) in [4.78, 5) is -0.730. The van der Waals surface area contributed by atoms with Crippen molar-refractivity contribution in [2.45, 2.75) is 30.7 Å². The fourth-order valence-electron chi connectivity index (χ4n) is 1.47. The van der Waals surface area contributed by atoms with E-state index in [-0.39, 0.29) is 5.69 Å². The highest BCUT2D eigenvalue weighted by Crippen LogP contribution is 2.34. The SMILES string of the molecule is CC(C)CCNc1ccccc1S(=O)(=O)C(F)(F)F. The predicted molar refractivity (Wildman–Crippen MR) is 67.6 cm³/mol. The van der Waals surface area contributed by atoms with E-state index in [0.717, 1.165) is 12.5 Å². The summed E-state index contributed by atoms with van der Waals surface area (Å²) in [5, 5.41) is 2.74. The van der Waals surface area contributed by atoms with Crippen LogP contribution in [-0.2, 0) is 9.84 Å². The number of rotatable bonds is 5. The van der Waals surface area contributed by atoms with Crippen molar-refractivity contribution < 1.29 is 21.6 Å². The molecule has 0 fully saturated rings. The largest absolute Gasteiger partial charge is 0.501 e. The Morgan fingerprint density at radius 3 is 2.32 bits per heavy atom. The first-order valence-corrected chi connectivity index (χ1v) is 7.29. The van der Waals surface area contributed by atoms with Crippen molar-refractivity contribution in [1.82, 2.24) is 0 Å². The Kier molecular flexibility index (Phi) is 4.84. The van der Waals surface area contributed by atoms with Gasteiger partial charge in [-0.15, -0.1) is 0 Å². The second-order valence-electron chi connectivity index (χ2n) is 4.55. The maximum atomic E-state index is 12.5. The molecule has 3 nitrogen and oxygen atoms in total. The standard InChI is InChI=1S/C12H16F3NO2S/c1-9(2)7-8-16-10-5-3-4-6-11(10)19(17,18)12(13,14)15/h3-6,9,16H,7-8H2,1-2H3. The zero-order valence-electron chi connectivity index (χ0n) is 10.7. The number of para-hydroxylation sites is 1. The minimum Gasteiger partial charge on any atom is -0.384 e. The Morgan fingerprint density at radius 2 is 1.79 bits per heavy atom. The number of halogens is 3. The van der Waals surface area contributed by atoms with Gasteiger partial charge >= 0.3 is 5.51 Å². The zero-order valence-corrected chi connectivity index (χ0v) is 11.5. The number of anilines is 1. The maximum absolute atomic E-state index is 12.5. The first-order chi connectivity index (χ1) is 8.66. The molecule has 1 N–H and O–H groups in total. The average Bonchev–Trinajstić information content (AvgIpc) is 2.27. The summed E-state index contributed by atoms with van der Waals surface area (Å²) in [6.45, 7) is 4.36. The smallest absolute Gasteiger partial charge is 0.384 e. The number of hydrogen-bond acceptors (Lipinski definition) is 3. The third-order valence-corrected chi connectivity index (χ3v) is 4.06. The molecular formula is C12H16F3NO2S. The molecule has 0 aliphatic heterocycles. The van der Waals surface area contributed by atoms with Gasteiger partial charge in [0.05, 0.1) is 10.6 Å². The molecule has 0 aliphatic rings. The quantitative estimate of drug-likeness (QED) is 0.905. The van der Waals surface area contributed by atoms with Gasteiger partial charge in [0.25, 0.3) is 9.84 Å². The van der Waals surface area contributed by atoms with Crippen molar-refractivity contribution >= 4 is 15.5 Å². The Morgan fingerprint density at radius 1 is 1.21 bits per heavy atom. The molecule has 1 aromatic carbocycles. The molecule has 0 radical (unpaired) electrons. The van der Waals surface area contributed by atoms with E-state index in [9.17, 15) is 21.6 Å². The Hall–Kier alpha value is -1.24. The molecule has 7 heteroatoms. The van der Waals surface area contributed by atoms with Gasteiger partial charge in [-0.05, 0) is 24.5 Å². The minimum atomic E-state index is -5.32. The van der Waals surface area contributed by atoms with Crippen LogP contribution in [0.3, 0.4) is 0 Å². The van der Waals surface area contributed by atoms with Crippen LogP contribution in [0.5, 0.6) is 0 Å². The van der Waals surface area contributed by atoms with Crippen molar-refractivity contribution in [3.63, 3.8) is 0 Å². The summed E-state index contributed by atoms with van der Waals surface area (Å²) in [6, 6.07) is 5.05. The summed E-state index contributed by atoms with van der Waals surface area (Å²) in [5.41, 5.74) is -5.30. The summed E-state index contributed by atoms with van der Waals surface area (Å²) in [7, 11) is -5.32. The lowest BCUT2D eigenvalue weighted by molar-refractivity contribution is -0.0435. The van der Waals surface area contributed by atoms with Crippen LogP contribution in [0.25, 0.3) is 0 Å². The molecule has 0 saturated carbocycles. The van der Waals surface area contributed by atoms with Crippen LogP contribution >= 0.6 is 0 Å². The second-order valence-corrected chi connectivity index (χ2v) is 6.46. The van der Waals surface area contributed by atoms with Gasteiger partial charge in [-0.2, -0.15) is 13.2 Å². The van der Waals surface area contributed by atoms with Crippen LogP contribution in [-0.4, -0.2) is 20.5 Å². The lowest BCUT2D eigenvalue weighted by Gasteiger charge is -2.14. The fourth-order valence-corrected chi connectivity index (χ4v) is 2.40. The number of benzene rings is 1. The van der Waals surface area contributed by atoms with E-state index in [0.29, 0.717) is 12.5 Å². The molecule has 19 heavy (non-hydrogen) atoms. The van der Waals surface area contributed by atoms with E-state index in [1.54, 1.807) is 0 Å². The predicted octanol–water partition coefficient (Wildman–Crippen LogP) is 3.44. The van der Waals surface area contributed by atoms with Gasteiger partial charge < -0.3 is 5.32 Å². The van der Waals surface area contributed by atoms with Gasteiger partial charge in [-0.25, -0.2) is 8.42 Å². The molecule has 0 spiro atoms. The molecule has 0 amide bonds. The van der Waals surface area contributed by atoms with E-state index >= 15 is 0 Å². The highest BCUT2D eigenvalue weighted by molar-refractivity contribution is 7.92. The third kappa shape index (κ3) is 3.86. The lowest BCUT2D eigenvalue weighted by atomic mass is 10.1. The van der Waals surface area contributed by atoms with Gasteiger partial charge in [-0.1, -0.05) is 26.0 Å². The molecule has 108 valence electrons. The summed E-state index contributed by atoms with van der Waals surface area (Å²) < 4.78 is 60.4. The zero-order chi connectivity index (χ0) is 14.7. The molecule has 0 aliphatic carbocycles. The fraction of sp³-hybridized carbons (Fsp3) is 0.500. The van der Waals surface area contributed by atoms with Crippen molar-refractivity contribution in [2.24, 2.45) is 5.92 Å².